The molecule has 2 aromatic rings. The maximum Gasteiger partial charge on any atom is 0.237 e. The molecule has 0 aliphatic carbocycles. The zero-order chi connectivity index (χ0) is 14.5. The lowest BCUT2D eigenvalue weighted by Gasteiger charge is -2.23. The lowest BCUT2D eigenvalue weighted by atomic mass is 9.97. The fraction of sp³-hybridized carbons (Fsp3) is 0.200. The number of nitrogens with two attached hydrogens (primary N) is 1. The Morgan fingerprint density at radius 1 is 1.35 bits per heavy atom. The Bertz CT molecular complexity index is 581. The fourth-order valence-electron chi connectivity index (χ4n) is 2.03. The van der Waals surface area contributed by atoms with E-state index >= 15 is 0 Å². The monoisotopic (exact) mass is 304 g/mol. The summed E-state index contributed by atoms with van der Waals surface area (Å²) in [5, 5.41) is 4.03. The van der Waals surface area contributed by atoms with Crippen LogP contribution in [0.15, 0.2) is 47.2 Å². The van der Waals surface area contributed by atoms with E-state index in [-0.39, 0.29) is 10.9 Å². The second-order valence-electron chi connectivity index (χ2n) is 4.57. The van der Waals surface area contributed by atoms with Crippen LogP contribution in [0.4, 0.5) is 0 Å². The molecule has 2 rings (SSSR count). The van der Waals surface area contributed by atoms with Gasteiger partial charge in [0.15, 0.2) is 0 Å². The van der Waals surface area contributed by atoms with Crippen molar-refractivity contribution in [1.29, 1.82) is 0 Å². The normalized spacial score (nSPS) is 11.8. The van der Waals surface area contributed by atoms with Crippen LogP contribution in [0.1, 0.15) is 17.0 Å². The lowest BCUT2D eigenvalue weighted by Crippen LogP contribution is -2.37. The van der Waals surface area contributed by atoms with Gasteiger partial charge in [-0.15, -0.1) is 0 Å². The van der Waals surface area contributed by atoms with Crippen molar-refractivity contribution in [1.82, 2.24) is 4.90 Å². The first-order valence-corrected chi connectivity index (χ1v) is 7.55. The number of amides is 1. The zero-order valence-corrected chi connectivity index (χ0v) is 12.8. The molecule has 0 fully saturated rings. The number of rotatable bonds is 5. The molecule has 1 aromatic heterocycles. The third kappa shape index (κ3) is 3.43. The van der Waals surface area contributed by atoms with E-state index in [1.54, 1.807) is 23.3 Å². The molecule has 1 atom stereocenters. The zero-order valence-electron chi connectivity index (χ0n) is 11.2. The number of nitrogens with zero attached hydrogens (tertiary/aromatic N) is 1. The van der Waals surface area contributed by atoms with Crippen LogP contribution in [0.25, 0.3) is 0 Å². The van der Waals surface area contributed by atoms with Crippen LogP contribution in [0.2, 0.25) is 0 Å². The number of carbonyl (C=O) groups excluding carboxylic acids is 1. The molecule has 0 aliphatic heterocycles. The fourth-order valence-corrected chi connectivity index (χ4v) is 2.93. The molecule has 0 radical (unpaired) electrons. The molecule has 1 aromatic carbocycles. The van der Waals surface area contributed by atoms with Crippen LogP contribution in [0.5, 0.6) is 0 Å². The summed E-state index contributed by atoms with van der Waals surface area (Å²) in [5.74, 6) is -0.635. The summed E-state index contributed by atoms with van der Waals surface area (Å²) in [6.45, 7) is 0.564. The van der Waals surface area contributed by atoms with Gasteiger partial charge in [0.25, 0.3) is 0 Å². The molecule has 0 aliphatic rings. The van der Waals surface area contributed by atoms with Gasteiger partial charge in [0, 0.05) is 13.6 Å². The SMILES string of the molecule is CN(Cc1ccsc1)C(=O)C(C(N)=S)c1ccccc1. The molecular weight excluding hydrogens is 288 g/mol. The van der Waals surface area contributed by atoms with Crippen molar-refractivity contribution in [3.05, 3.63) is 58.3 Å². The molecule has 5 heteroatoms. The number of likely N-dealkylation sites (N-methyl/N-ethyl adjacent to an activating group) is 1. The molecule has 1 heterocycles. The maximum absolute atomic E-state index is 12.6. The minimum absolute atomic E-state index is 0.0742. The molecular formula is C15H16N2OS2. The molecule has 20 heavy (non-hydrogen) atoms. The van der Waals surface area contributed by atoms with E-state index in [1.807, 2.05) is 47.2 Å². The summed E-state index contributed by atoms with van der Waals surface area (Å²) >= 11 is 6.69. The summed E-state index contributed by atoms with van der Waals surface area (Å²) in [7, 11) is 1.77. The van der Waals surface area contributed by atoms with Crippen molar-refractivity contribution in [3.8, 4) is 0 Å². The Hall–Kier alpha value is -1.72. The molecule has 0 saturated heterocycles. The minimum Gasteiger partial charge on any atom is -0.392 e. The topological polar surface area (TPSA) is 46.3 Å². The third-order valence-corrected chi connectivity index (χ3v) is 4.01. The Balaban J connectivity index is 2.17. The van der Waals surface area contributed by atoms with Gasteiger partial charge in [0.05, 0.1) is 4.99 Å². The van der Waals surface area contributed by atoms with Crippen molar-refractivity contribution in [2.45, 2.75) is 12.5 Å². The second-order valence-corrected chi connectivity index (χ2v) is 5.82. The van der Waals surface area contributed by atoms with Crippen molar-refractivity contribution in [2.75, 3.05) is 7.05 Å². The number of thiocarbonyl (C=S) groups is 1. The molecule has 104 valence electrons. The highest BCUT2D eigenvalue weighted by Crippen LogP contribution is 2.20. The summed E-state index contributed by atoms with van der Waals surface area (Å²) in [5.41, 5.74) is 7.71. The van der Waals surface area contributed by atoms with E-state index < -0.39 is 5.92 Å². The van der Waals surface area contributed by atoms with Gasteiger partial charge < -0.3 is 10.6 Å². The molecule has 3 nitrogen and oxygen atoms in total. The van der Waals surface area contributed by atoms with Gasteiger partial charge in [-0.2, -0.15) is 11.3 Å². The van der Waals surface area contributed by atoms with Gasteiger partial charge in [0.1, 0.15) is 5.92 Å². The number of hydrogen-bond donors (Lipinski definition) is 1. The predicted octanol–water partition coefficient (Wildman–Crippen LogP) is 2.78. The second kappa shape index (κ2) is 6.63. The Morgan fingerprint density at radius 2 is 2.05 bits per heavy atom. The average Bonchev–Trinajstić information content (AvgIpc) is 2.92. The van der Waals surface area contributed by atoms with E-state index in [0.717, 1.165) is 11.1 Å². The van der Waals surface area contributed by atoms with Crippen LogP contribution in [-0.4, -0.2) is 22.8 Å². The maximum atomic E-state index is 12.6. The largest absolute Gasteiger partial charge is 0.392 e. The third-order valence-electron chi connectivity index (χ3n) is 3.04. The Kier molecular flexibility index (Phi) is 4.87. The minimum atomic E-state index is -0.560. The van der Waals surface area contributed by atoms with Gasteiger partial charge >= 0.3 is 0 Å². The lowest BCUT2D eigenvalue weighted by molar-refractivity contribution is -0.130. The van der Waals surface area contributed by atoms with Gasteiger partial charge in [-0.25, -0.2) is 0 Å². The van der Waals surface area contributed by atoms with E-state index in [4.69, 9.17) is 18.0 Å². The van der Waals surface area contributed by atoms with Gasteiger partial charge in [-0.1, -0.05) is 42.5 Å². The van der Waals surface area contributed by atoms with Gasteiger partial charge in [0.2, 0.25) is 5.91 Å². The van der Waals surface area contributed by atoms with Crippen LogP contribution < -0.4 is 5.73 Å². The molecule has 0 saturated carbocycles. The number of carbonyl (C=O) groups is 1. The summed E-state index contributed by atoms with van der Waals surface area (Å²) in [6.07, 6.45) is 0. The van der Waals surface area contributed by atoms with Gasteiger partial charge in [-0.05, 0) is 28.0 Å². The van der Waals surface area contributed by atoms with E-state index in [9.17, 15) is 4.79 Å². The van der Waals surface area contributed by atoms with Crippen LogP contribution in [-0.2, 0) is 11.3 Å². The molecule has 0 bridgehead atoms. The number of thiophene rings is 1. The first-order chi connectivity index (χ1) is 9.59. The molecule has 1 unspecified atom stereocenters. The number of hydrogen-bond acceptors (Lipinski definition) is 3. The quantitative estimate of drug-likeness (QED) is 0.864. The number of benzene rings is 1. The van der Waals surface area contributed by atoms with Crippen LogP contribution in [0, 0.1) is 0 Å². The Labute approximate surface area is 128 Å². The highest BCUT2D eigenvalue weighted by Gasteiger charge is 2.26. The molecule has 1 amide bonds. The predicted molar refractivity (Wildman–Crippen MR) is 86.8 cm³/mol. The van der Waals surface area contributed by atoms with Crippen molar-refractivity contribution in [2.24, 2.45) is 5.73 Å². The smallest absolute Gasteiger partial charge is 0.237 e. The molecule has 0 spiro atoms. The van der Waals surface area contributed by atoms with Crippen molar-refractivity contribution in [3.63, 3.8) is 0 Å². The molecule has 2 N–H and O–H groups in total. The summed E-state index contributed by atoms with van der Waals surface area (Å²) in [6, 6.07) is 11.4. The van der Waals surface area contributed by atoms with Crippen molar-refractivity contribution >= 4 is 34.5 Å². The van der Waals surface area contributed by atoms with Crippen LogP contribution in [0.3, 0.4) is 0 Å². The van der Waals surface area contributed by atoms with E-state index in [1.165, 1.54) is 0 Å². The highest BCUT2D eigenvalue weighted by molar-refractivity contribution is 7.80. The Morgan fingerprint density at radius 3 is 2.60 bits per heavy atom. The first-order valence-electron chi connectivity index (χ1n) is 6.20. The highest BCUT2D eigenvalue weighted by atomic mass is 32.1. The first kappa shape index (κ1) is 14.7. The van der Waals surface area contributed by atoms with E-state index in [0.29, 0.717) is 6.54 Å². The average molecular weight is 304 g/mol. The standard InChI is InChI=1S/C15H16N2OS2/c1-17(9-11-7-8-20-10-11)15(18)13(14(16)19)12-5-3-2-4-6-12/h2-8,10,13H,9H2,1H3,(H2,16,19). The summed E-state index contributed by atoms with van der Waals surface area (Å²) < 4.78 is 0. The van der Waals surface area contributed by atoms with Crippen LogP contribution >= 0.6 is 23.6 Å². The van der Waals surface area contributed by atoms with Gasteiger partial charge in [-0.3, -0.25) is 4.79 Å². The van der Waals surface area contributed by atoms with Crippen molar-refractivity contribution < 1.29 is 4.79 Å². The summed E-state index contributed by atoms with van der Waals surface area (Å²) in [4.78, 5) is 14.4. The van der Waals surface area contributed by atoms with E-state index in [2.05, 4.69) is 0 Å².